The quantitative estimate of drug-likeness (QED) is 0.200. The van der Waals surface area contributed by atoms with Crippen molar-refractivity contribution in [1.29, 1.82) is 0 Å². The standard InChI is InChI=1S/C44H29NO2/c1-44(28-14-3-2-4-15-28)32-19-8-5-16-29(32)41-33(44)20-11-21-34(41)45(35-22-12-26-39-42(35)30-17-6-9-24-37(30)46-39)36-23-13-27-40-43(36)31-18-7-10-25-38(31)47-40/h2-27H,1H3. The third-order valence-electron chi connectivity index (χ3n) is 10.2. The van der Waals surface area contributed by atoms with E-state index in [1.165, 1.54) is 27.8 Å². The van der Waals surface area contributed by atoms with Crippen molar-refractivity contribution >= 4 is 60.9 Å². The van der Waals surface area contributed by atoms with Crippen molar-refractivity contribution in [3.8, 4) is 11.1 Å². The number of nitrogens with zero attached hydrogens (tertiary/aromatic N) is 1. The summed E-state index contributed by atoms with van der Waals surface area (Å²) in [4.78, 5) is 2.45. The summed E-state index contributed by atoms with van der Waals surface area (Å²) >= 11 is 0. The second kappa shape index (κ2) is 9.72. The first-order valence-electron chi connectivity index (χ1n) is 16.1. The van der Waals surface area contributed by atoms with Crippen LogP contribution in [0.2, 0.25) is 0 Å². The first kappa shape index (κ1) is 26.2. The third kappa shape index (κ3) is 3.57. The zero-order valence-electron chi connectivity index (χ0n) is 25.8. The smallest absolute Gasteiger partial charge is 0.137 e. The first-order valence-corrected chi connectivity index (χ1v) is 16.1. The number of furan rings is 2. The van der Waals surface area contributed by atoms with E-state index in [4.69, 9.17) is 8.83 Å². The molecule has 0 aliphatic heterocycles. The lowest BCUT2D eigenvalue weighted by Crippen LogP contribution is -2.22. The summed E-state index contributed by atoms with van der Waals surface area (Å²) < 4.78 is 12.9. The van der Waals surface area contributed by atoms with Crippen LogP contribution in [0.4, 0.5) is 17.1 Å². The van der Waals surface area contributed by atoms with Gasteiger partial charge in [0.1, 0.15) is 22.3 Å². The summed E-state index contributed by atoms with van der Waals surface area (Å²) in [5.74, 6) is 0. The predicted molar refractivity (Wildman–Crippen MR) is 193 cm³/mol. The molecule has 0 amide bonds. The zero-order valence-corrected chi connectivity index (χ0v) is 25.8. The van der Waals surface area contributed by atoms with Crippen molar-refractivity contribution in [3.63, 3.8) is 0 Å². The van der Waals surface area contributed by atoms with Crippen molar-refractivity contribution in [1.82, 2.24) is 0 Å². The molecule has 0 N–H and O–H groups in total. The van der Waals surface area contributed by atoms with Crippen molar-refractivity contribution in [2.75, 3.05) is 4.90 Å². The van der Waals surface area contributed by atoms with Gasteiger partial charge in [-0.15, -0.1) is 0 Å². The topological polar surface area (TPSA) is 29.5 Å². The summed E-state index contributed by atoms with van der Waals surface area (Å²) in [7, 11) is 0. The molecule has 47 heavy (non-hydrogen) atoms. The largest absolute Gasteiger partial charge is 0.456 e. The number of fused-ring (bicyclic) bond motifs is 9. The Morgan fingerprint density at radius 3 is 1.57 bits per heavy atom. The zero-order chi connectivity index (χ0) is 31.1. The molecule has 0 saturated carbocycles. The van der Waals surface area contributed by atoms with Gasteiger partial charge in [0.15, 0.2) is 0 Å². The summed E-state index contributed by atoms with van der Waals surface area (Å²) in [6.07, 6.45) is 0. The van der Waals surface area contributed by atoms with Crippen LogP contribution in [0, 0.1) is 0 Å². The molecule has 0 bridgehead atoms. The molecule has 1 aliphatic carbocycles. The molecule has 0 spiro atoms. The lowest BCUT2D eigenvalue weighted by Gasteiger charge is -2.31. The van der Waals surface area contributed by atoms with E-state index < -0.39 is 0 Å². The molecule has 2 heterocycles. The molecule has 3 heteroatoms. The van der Waals surface area contributed by atoms with Crippen LogP contribution >= 0.6 is 0 Å². The van der Waals surface area contributed by atoms with Crippen LogP contribution in [0.3, 0.4) is 0 Å². The normalized spacial score (nSPS) is 15.4. The summed E-state index contributed by atoms with van der Waals surface area (Å²) in [5, 5.41) is 4.36. The Kier molecular flexibility index (Phi) is 5.41. The van der Waals surface area contributed by atoms with E-state index in [0.717, 1.165) is 60.9 Å². The summed E-state index contributed by atoms with van der Waals surface area (Å²) in [6, 6.07) is 56.1. The van der Waals surface area contributed by atoms with Crippen LogP contribution < -0.4 is 4.90 Å². The molecular formula is C44H29NO2. The van der Waals surface area contributed by atoms with Gasteiger partial charge in [-0.2, -0.15) is 0 Å². The maximum absolute atomic E-state index is 6.45. The molecule has 0 radical (unpaired) electrons. The molecule has 1 unspecified atom stereocenters. The van der Waals surface area contributed by atoms with E-state index in [-0.39, 0.29) is 5.41 Å². The Labute approximate surface area is 271 Å². The van der Waals surface area contributed by atoms with Gasteiger partial charge in [-0.05, 0) is 71.6 Å². The minimum Gasteiger partial charge on any atom is -0.456 e. The molecular weight excluding hydrogens is 574 g/mol. The molecule has 0 saturated heterocycles. The second-order valence-electron chi connectivity index (χ2n) is 12.6. The Morgan fingerprint density at radius 1 is 0.426 bits per heavy atom. The highest BCUT2D eigenvalue weighted by Crippen LogP contribution is 2.58. The fraction of sp³-hybridized carbons (Fsp3) is 0.0455. The van der Waals surface area contributed by atoms with E-state index in [1.54, 1.807) is 0 Å². The number of hydrogen-bond acceptors (Lipinski definition) is 3. The fourth-order valence-corrected chi connectivity index (χ4v) is 8.06. The van der Waals surface area contributed by atoms with E-state index in [9.17, 15) is 0 Å². The SMILES string of the molecule is CC1(c2ccccc2)c2ccccc2-c2c(N(c3cccc4oc5ccccc5c34)c3cccc4oc5ccccc5c34)cccc21. The number of anilines is 3. The van der Waals surface area contributed by atoms with Crippen LogP contribution in [-0.4, -0.2) is 0 Å². The number of rotatable bonds is 4. The van der Waals surface area contributed by atoms with Crippen LogP contribution in [0.1, 0.15) is 23.6 Å². The third-order valence-corrected chi connectivity index (χ3v) is 10.2. The fourth-order valence-electron chi connectivity index (χ4n) is 8.06. The van der Waals surface area contributed by atoms with Gasteiger partial charge in [-0.25, -0.2) is 0 Å². The van der Waals surface area contributed by atoms with Gasteiger partial charge in [0.05, 0.1) is 27.8 Å². The Bertz CT molecular complexity index is 2550. The summed E-state index contributed by atoms with van der Waals surface area (Å²) in [5.41, 5.74) is 12.8. The average Bonchev–Trinajstić information content (AvgIpc) is 3.78. The minimum atomic E-state index is -0.322. The van der Waals surface area contributed by atoms with Crippen LogP contribution in [0.15, 0.2) is 167 Å². The number of para-hydroxylation sites is 2. The lowest BCUT2D eigenvalue weighted by molar-refractivity contribution is 0.668. The monoisotopic (exact) mass is 603 g/mol. The van der Waals surface area contributed by atoms with E-state index in [1.807, 2.05) is 12.1 Å². The van der Waals surface area contributed by atoms with E-state index in [0.29, 0.717) is 0 Å². The average molecular weight is 604 g/mol. The van der Waals surface area contributed by atoms with Gasteiger partial charge in [0, 0.05) is 21.8 Å². The molecule has 9 aromatic rings. The van der Waals surface area contributed by atoms with Gasteiger partial charge in [0.2, 0.25) is 0 Å². The van der Waals surface area contributed by atoms with Crippen molar-refractivity contribution in [2.24, 2.45) is 0 Å². The molecule has 7 aromatic carbocycles. The Hall–Kier alpha value is -6.06. The Balaban J connectivity index is 1.36. The van der Waals surface area contributed by atoms with Gasteiger partial charge in [-0.3, -0.25) is 0 Å². The van der Waals surface area contributed by atoms with Gasteiger partial charge < -0.3 is 13.7 Å². The van der Waals surface area contributed by atoms with Crippen molar-refractivity contribution in [2.45, 2.75) is 12.3 Å². The molecule has 2 aromatic heterocycles. The minimum absolute atomic E-state index is 0.322. The van der Waals surface area contributed by atoms with E-state index in [2.05, 4.69) is 157 Å². The molecule has 1 atom stereocenters. The molecule has 222 valence electrons. The lowest BCUT2D eigenvalue weighted by atomic mass is 9.74. The highest BCUT2D eigenvalue weighted by molar-refractivity contribution is 6.18. The second-order valence-corrected chi connectivity index (χ2v) is 12.6. The van der Waals surface area contributed by atoms with E-state index >= 15 is 0 Å². The number of hydrogen-bond donors (Lipinski definition) is 0. The molecule has 3 nitrogen and oxygen atoms in total. The highest BCUT2D eigenvalue weighted by atomic mass is 16.3. The van der Waals surface area contributed by atoms with Crippen molar-refractivity contribution < 1.29 is 8.83 Å². The molecule has 0 fully saturated rings. The van der Waals surface area contributed by atoms with Crippen LogP contribution in [-0.2, 0) is 5.41 Å². The Morgan fingerprint density at radius 2 is 0.915 bits per heavy atom. The van der Waals surface area contributed by atoms with Crippen molar-refractivity contribution in [3.05, 3.63) is 174 Å². The van der Waals surface area contributed by atoms with Crippen LogP contribution in [0.25, 0.3) is 55.0 Å². The maximum Gasteiger partial charge on any atom is 0.137 e. The van der Waals surface area contributed by atoms with Gasteiger partial charge >= 0.3 is 0 Å². The molecule has 10 rings (SSSR count). The van der Waals surface area contributed by atoms with Crippen LogP contribution in [0.5, 0.6) is 0 Å². The van der Waals surface area contributed by atoms with Gasteiger partial charge in [-0.1, -0.05) is 115 Å². The maximum atomic E-state index is 6.45. The van der Waals surface area contributed by atoms with Gasteiger partial charge in [0.25, 0.3) is 0 Å². The molecule has 1 aliphatic rings. The summed E-state index contributed by atoms with van der Waals surface area (Å²) in [6.45, 7) is 2.37. The number of benzene rings is 7. The first-order chi connectivity index (χ1) is 23.2. The predicted octanol–water partition coefficient (Wildman–Crippen LogP) is 12.3. The highest BCUT2D eigenvalue weighted by Gasteiger charge is 2.42.